The van der Waals surface area contributed by atoms with Gasteiger partial charge in [0.15, 0.2) is 0 Å². The smallest absolute Gasteiger partial charge is 0.287 e. The van der Waals surface area contributed by atoms with Crippen LogP contribution < -0.4 is 21.1 Å². The van der Waals surface area contributed by atoms with Crippen LogP contribution >= 0.6 is 0 Å². The molecule has 4 atom stereocenters. The zero-order valence-corrected chi connectivity index (χ0v) is 25.8. The fourth-order valence-corrected chi connectivity index (χ4v) is 6.48. The molecule has 11 nitrogen and oxygen atoms in total. The van der Waals surface area contributed by atoms with E-state index in [1.807, 2.05) is 38.1 Å². The van der Waals surface area contributed by atoms with E-state index in [2.05, 4.69) is 17.2 Å². The zero-order chi connectivity index (χ0) is 31.9. The number of carbonyl (C=O) groups excluding carboxylic acids is 5. The summed E-state index contributed by atoms with van der Waals surface area (Å²) in [4.78, 5) is 67.3. The van der Waals surface area contributed by atoms with Crippen molar-refractivity contribution in [2.45, 2.75) is 108 Å². The first-order chi connectivity index (χ1) is 21.0. The summed E-state index contributed by atoms with van der Waals surface area (Å²) in [6.45, 7) is 8.04. The van der Waals surface area contributed by atoms with Crippen molar-refractivity contribution in [3.8, 4) is 5.75 Å². The summed E-state index contributed by atoms with van der Waals surface area (Å²) in [5, 5.41) is 5.69. The van der Waals surface area contributed by atoms with Gasteiger partial charge in [0, 0.05) is 19.4 Å². The van der Waals surface area contributed by atoms with Gasteiger partial charge in [-0.3, -0.25) is 24.0 Å². The van der Waals surface area contributed by atoms with Crippen LogP contribution in [-0.4, -0.2) is 77.3 Å². The lowest BCUT2D eigenvalue weighted by atomic mass is 9.83. The molecule has 1 saturated carbocycles. The molecule has 1 aromatic carbocycles. The molecule has 11 heteroatoms. The molecule has 44 heavy (non-hydrogen) atoms. The Morgan fingerprint density at radius 3 is 2.66 bits per heavy atom. The number of amides is 4. The molecule has 1 aliphatic carbocycles. The molecule has 0 radical (unpaired) electrons. The van der Waals surface area contributed by atoms with Crippen LogP contribution in [0.4, 0.5) is 0 Å². The third-order valence-corrected chi connectivity index (χ3v) is 8.81. The Morgan fingerprint density at radius 2 is 1.95 bits per heavy atom. The Kier molecular flexibility index (Phi) is 11.2. The summed E-state index contributed by atoms with van der Waals surface area (Å²) in [6.07, 6.45) is 6.97. The second-order valence-corrected chi connectivity index (χ2v) is 12.8. The van der Waals surface area contributed by atoms with E-state index in [-0.39, 0.29) is 43.5 Å². The molecular formula is C33H46N4O7. The van der Waals surface area contributed by atoms with Crippen LogP contribution in [0, 0.1) is 5.92 Å². The molecule has 0 spiro atoms. The van der Waals surface area contributed by atoms with Crippen molar-refractivity contribution in [3.63, 3.8) is 0 Å². The number of Topliss-reactive ketones (excluding diaryl/α,β-unsaturated/α-hetero) is 1. The SMILES string of the molecule is C=CCCC(NC(=O)[C@@H]1C[C@@H]2CN1C(=O)[C@H](C1CCCCC1)NC(=O)Cc1cccc(c1)OCCC(C)(C)O2)C(=O)C(N)=O. The first-order valence-corrected chi connectivity index (χ1v) is 15.7. The Bertz CT molecular complexity index is 1240. The van der Waals surface area contributed by atoms with E-state index < -0.39 is 47.4 Å². The minimum atomic E-state index is -1.15. The standard InChI is InChI=1S/C33H46N4O7/c1-4-5-14-25(29(39)30(34)40)35-31(41)26-19-24-20-37(26)32(42)28(22-11-7-6-8-12-22)36-27(38)18-21-10-9-13-23(17-21)43-16-15-33(2,3)44-24/h4,9-10,13,17,22,24-26,28H,1,5-8,11-12,14-16,18-20H2,2-3H3,(H2,34,40)(H,35,41)(H,36,38)/t24-,25?,26+,28+/m1/s1. The van der Waals surface area contributed by atoms with Gasteiger partial charge in [-0.1, -0.05) is 37.5 Å². The number of hydrogen-bond donors (Lipinski definition) is 3. The highest BCUT2D eigenvalue weighted by atomic mass is 16.5. The maximum atomic E-state index is 14.4. The van der Waals surface area contributed by atoms with Gasteiger partial charge in [-0.15, -0.1) is 6.58 Å². The Hall–Kier alpha value is -3.73. The summed E-state index contributed by atoms with van der Waals surface area (Å²) in [7, 11) is 0. The van der Waals surface area contributed by atoms with Crippen molar-refractivity contribution in [1.82, 2.24) is 15.5 Å². The molecular weight excluding hydrogens is 564 g/mol. The molecule has 1 unspecified atom stereocenters. The molecule has 2 heterocycles. The normalized spacial score (nSPS) is 25.3. The number of ether oxygens (including phenoxy) is 2. The zero-order valence-electron chi connectivity index (χ0n) is 25.8. The summed E-state index contributed by atoms with van der Waals surface area (Å²) >= 11 is 0. The number of rotatable bonds is 8. The number of benzene rings is 1. The molecule has 1 saturated heterocycles. The third kappa shape index (κ3) is 8.68. The fraction of sp³-hybridized carbons (Fsp3) is 0.606. The topological polar surface area (TPSA) is 157 Å². The van der Waals surface area contributed by atoms with Gasteiger partial charge in [0.25, 0.3) is 5.91 Å². The molecule has 4 N–H and O–H groups in total. The Labute approximate surface area is 259 Å². The lowest BCUT2D eigenvalue weighted by molar-refractivity contribution is -0.144. The molecule has 4 bridgehead atoms. The number of ketones is 1. The largest absolute Gasteiger partial charge is 0.493 e. The third-order valence-electron chi connectivity index (χ3n) is 8.81. The lowest BCUT2D eigenvalue weighted by Crippen LogP contribution is -2.58. The van der Waals surface area contributed by atoms with Gasteiger partial charge in [-0.25, -0.2) is 0 Å². The molecule has 4 rings (SSSR count). The van der Waals surface area contributed by atoms with E-state index in [1.165, 1.54) is 4.90 Å². The van der Waals surface area contributed by atoms with Crippen molar-refractivity contribution >= 4 is 29.4 Å². The summed E-state index contributed by atoms with van der Waals surface area (Å²) in [6, 6.07) is 4.43. The minimum Gasteiger partial charge on any atom is -0.493 e. The predicted molar refractivity (Wildman–Crippen MR) is 163 cm³/mol. The van der Waals surface area contributed by atoms with Crippen LogP contribution in [0.5, 0.6) is 5.75 Å². The van der Waals surface area contributed by atoms with E-state index in [0.717, 1.165) is 37.7 Å². The molecule has 240 valence electrons. The highest BCUT2D eigenvalue weighted by Crippen LogP contribution is 2.32. The number of nitrogens with two attached hydrogens (primary N) is 1. The quantitative estimate of drug-likeness (QED) is 0.301. The predicted octanol–water partition coefficient (Wildman–Crippen LogP) is 2.35. The first kappa shape index (κ1) is 33.2. The Morgan fingerprint density at radius 1 is 1.20 bits per heavy atom. The average Bonchev–Trinajstić information content (AvgIpc) is 3.40. The van der Waals surface area contributed by atoms with Crippen molar-refractivity contribution in [1.29, 1.82) is 0 Å². The lowest BCUT2D eigenvalue weighted by Gasteiger charge is -2.35. The number of nitrogens with zero attached hydrogens (tertiary/aromatic N) is 1. The van der Waals surface area contributed by atoms with E-state index in [0.29, 0.717) is 25.2 Å². The van der Waals surface area contributed by atoms with Gasteiger partial charge in [0.2, 0.25) is 23.5 Å². The maximum absolute atomic E-state index is 14.4. The number of fused-ring (bicyclic) bond motifs is 4. The monoisotopic (exact) mass is 610 g/mol. The highest BCUT2D eigenvalue weighted by Gasteiger charge is 2.46. The molecule has 0 aromatic heterocycles. The second kappa shape index (κ2) is 14.8. The number of hydrogen-bond acceptors (Lipinski definition) is 7. The van der Waals surface area contributed by atoms with E-state index in [1.54, 1.807) is 6.08 Å². The van der Waals surface area contributed by atoms with E-state index in [4.69, 9.17) is 15.2 Å². The second-order valence-electron chi connectivity index (χ2n) is 12.8. The highest BCUT2D eigenvalue weighted by molar-refractivity contribution is 6.37. The summed E-state index contributed by atoms with van der Waals surface area (Å²) in [5.74, 6) is -2.69. The van der Waals surface area contributed by atoms with Crippen molar-refractivity contribution in [3.05, 3.63) is 42.5 Å². The van der Waals surface area contributed by atoms with Crippen LogP contribution in [-0.2, 0) is 35.1 Å². The van der Waals surface area contributed by atoms with Crippen LogP contribution in [0.25, 0.3) is 0 Å². The van der Waals surface area contributed by atoms with Crippen molar-refractivity contribution in [2.24, 2.45) is 11.7 Å². The first-order valence-electron chi connectivity index (χ1n) is 15.7. The number of nitrogens with one attached hydrogen (secondary N) is 2. The van der Waals surface area contributed by atoms with Crippen LogP contribution in [0.3, 0.4) is 0 Å². The average molecular weight is 611 g/mol. The number of primary amides is 1. The van der Waals surface area contributed by atoms with Gasteiger partial charge in [-0.05, 0) is 63.1 Å². The van der Waals surface area contributed by atoms with Crippen molar-refractivity contribution in [2.75, 3.05) is 13.2 Å². The van der Waals surface area contributed by atoms with Gasteiger partial charge < -0.3 is 30.7 Å². The minimum absolute atomic E-state index is 0.0781. The number of allylic oxidation sites excluding steroid dienone is 1. The van der Waals surface area contributed by atoms with E-state index >= 15 is 0 Å². The van der Waals surface area contributed by atoms with Crippen LogP contribution in [0.1, 0.15) is 77.2 Å². The number of carbonyl (C=O) groups is 5. The fourth-order valence-electron chi connectivity index (χ4n) is 6.48. The Balaban J connectivity index is 1.66. The van der Waals surface area contributed by atoms with Gasteiger partial charge >= 0.3 is 0 Å². The van der Waals surface area contributed by atoms with Gasteiger partial charge in [0.1, 0.15) is 17.8 Å². The molecule has 2 aliphatic heterocycles. The van der Waals surface area contributed by atoms with Crippen LogP contribution in [0.2, 0.25) is 0 Å². The van der Waals surface area contributed by atoms with Crippen molar-refractivity contribution < 1.29 is 33.4 Å². The maximum Gasteiger partial charge on any atom is 0.287 e. The molecule has 3 aliphatic rings. The molecule has 2 fully saturated rings. The van der Waals surface area contributed by atoms with Gasteiger partial charge in [-0.2, -0.15) is 0 Å². The van der Waals surface area contributed by atoms with Crippen LogP contribution in [0.15, 0.2) is 36.9 Å². The summed E-state index contributed by atoms with van der Waals surface area (Å²) in [5.41, 5.74) is 5.39. The van der Waals surface area contributed by atoms with Gasteiger partial charge in [0.05, 0.1) is 30.8 Å². The molecule has 4 amide bonds. The summed E-state index contributed by atoms with van der Waals surface area (Å²) < 4.78 is 12.5. The van der Waals surface area contributed by atoms with E-state index in [9.17, 15) is 24.0 Å². The molecule has 1 aromatic rings.